The molecule has 0 saturated carbocycles. The second kappa shape index (κ2) is 3.65. The molecule has 0 amide bonds. The van der Waals surface area contributed by atoms with Crippen LogP contribution in [0.15, 0.2) is 0 Å². The summed E-state index contributed by atoms with van der Waals surface area (Å²) in [7, 11) is 0. The van der Waals surface area contributed by atoms with Gasteiger partial charge in [-0.15, -0.1) is 11.6 Å². The van der Waals surface area contributed by atoms with E-state index in [0.29, 0.717) is 0 Å². The Bertz CT molecular complexity index is 127. The Kier molecular flexibility index (Phi) is 3.90. The lowest BCUT2D eigenvalue weighted by molar-refractivity contribution is 0.0670. The smallest absolute Gasteiger partial charge is 0.258 e. The quantitative estimate of drug-likeness (QED) is 0.730. The summed E-state index contributed by atoms with van der Waals surface area (Å²) < 4.78 is 10.1. The summed E-state index contributed by atoms with van der Waals surface area (Å²) in [4.78, 5) is 0. The Hall–Kier alpha value is 0.760. The Morgan fingerprint density at radius 3 is 1.91 bits per heavy atom. The zero-order chi connectivity index (χ0) is 9.28. The maximum absolute atomic E-state index is 12.5. The van der Waals surface area contributed by atoms with Crippen LogP contribution in [0.2, 0.25) is 0 Å². The van der Waals surface area contributed by atoms with E-state index in [1.54, 1.807) is 0 Å². The van der Waals surface area contributed by atoms with Crippen molar-refractivity contribution < 1.29 is 9.50 Å². The van der Waals surface area contributed by atoms with Gasteiger partial charge < -0.3 is 5.11 Å². The van der Waals surface area contributed by atoms with Crippen molar-refractivity contribution in [2.24, 2.45) is 0 Å². The third-order valence-corrected chi connectivity index (χ3v) is 2.17. The van der Waals surface area contributed by atoms with E-state index < -0.39 is 15.6 Å². The minimum absolute atomic E-state index is 0.304. The van der Waals surface area contributed by atoms with Gasteiger partial charge in [0.15, 0.2) is 0 Å². The molecule has 0 aliphatic heterocycles. The molecule has 0 aromatic heterocycles. The second-order valence-corrected chi connectivity index (χ2v) is 4.86. The molecule has 1 atom stereocenters. The van der Waals surface area contributed by atoms with Gasteiger partial charge in [0.25, 0.3) is 4.59 Å². The molecule has 0 rings (SSSR count). The van der Waals surface area contributed by atoms with E-state index >= 15 is 0 Å². The third-order valence-electron chi connectivity index (χ3n) is 1.18. The molecule has 0 aromatic rings. The highest BCUT2D eigenvalue weighted by atomic mass is 35.5. The maximum Gasteiger partial charge on any atom is 0.258 e. The van der Waals surface area contributed by atoms with Crippen LogP contribution in [0, 0.1) is 0 Å². The van der Waals surface area contributed by atoms with Crippen molar-refractivity contribution in [1.82, 2.24) is 0 Å². The molecule has 5 heteroatoms. The molecular weight excluding hydrogens is 213 g/mol. The summed E-state index contributed by atoms with van der Waals surface area (Å²) in [5.41, 5.74) is -1.18. The van der Waals surface area contributed by atoms with E-state index in [9.17, 15) is 9.50 Å². The van der Waals surface area contributed by atoms with Crippen molar-refractivity contribution in [2.75, 3.05) is 0 Å². The summed E-state index contributed by atoms with van der Waals surface area (Å²) >= 11 is 15.7. The molecule has 0 aliphatic carbocycles. The molecule has 0 fully saturated rings. The summed E-state index contributed by atoms with van der Waals surface area (Å²) in [5, 5.41) is 8.43. The molecule has 0 spiro atoms. The molecule has 1 nitrogen and oxygen atoms in total. The van der Waals surface area contributed by atoms with E-state index in [4.69, 9.17) is 34.8 Å². The van der Waals surface area contributed by atoms with Crippen molar-refractivity contribution in [1.29, 1.82) is 0 Å². The van der Waals surface area contributed by atoms with Gasteiger partial charge >= 0.3 is 0 Å². The molecule has 0 radical (unpaired) electrons. The molecule has 0 bridgehead atoms. The van der Waals surface area contributed by atoms with Crippen LogP contribution < -0.4 is 0 Å². The second-order valence-electron chi connectivity index (χ2n) is 2.94. The summed E-state index contributed by atoms with van der Waals surface area (Å²) in [6, 6.07) is 0. The van der Waals surface area contributed by atoms with Gasteiger partial charge in [-0.3, -0.25) is 0 Å². The zero-order valence-corrected chi connectivity index (χ0v) is 8.51. The first-order valence-corrected chi connectivity index (χ1v) is 4.25. The molecule has 0 saturated heterocycles. The first kappa shape index (κ1) is 11.8. The number of hydrogen-bond donors (Lipinski definition) is 1. The fourth-order valence-electron chi connectivity index (χ4n) is 0.453. The minimum atomic E-state index is -2.37. The number of aliphatic hydroxyl groups is 1. The van der Waals surface area contributed by atoms with Gasteiger partial charge in [-0.2, -0.15) is 0 Å². The molecule has 1 N–H and O–H groups in total. The van der Waals surface area contributed by atoms with Crippen molar-refractivity contribution in [3.63, 3.8) is 0 Å². The van der Waals surface area contributed by atoms with Crippen LogP contribution >= 0.6 is 34.8 Å². The monoisotopic (exact) mass is 222 g/mol. The van der Waals surface area contributed by atoms with Gasteiger partial charge in [0.1, 0.15) is 0 Å². The number of alkyl halides is 4. The normalized spacial score (nSPS) is 16.6. The molecule has 0 aliphatic rings. The molecular formula is C6H10Cl3FO. The third kappa shape index (κ3) is 5.97. The van der Waals surface area contributed by atoms with Gasteiger partial charge in [0.05, 0.1) is 11.0 Å². The van der Waals surface area contributed by atoms with Crippen LogP contribution in [0.5, 0.6) is 0 Å². The lowest BCUT2D eigenvalue weighted by Gasteiger charge is -2.25. The van der Waals surface area contributed by atoms with Crippen molar-refractivity contribution >= 4 is 34.8 Å². The highest BCUT2D eigenvalue weighted by molar-refractivity contribution is 6.47. The van der Waals surface area contributed by atoms with Crippen molar-refractivity contribution in [3.8, 4) is 0 Å². The molecule has 1 unspecified atom stereocenters. The van der Waals surface area contributed by atoms with E-state index in [2.05, 4.69) is 0 Å². The Morgan fingerprint density at radius 2 is 1.82 bits per heavy atom. The SMILES string of the molecule is CC(C)(O)C(Cl)CC(F)(Cl)Cl. The Morgan fingerprint density at radius 1 is 1.45 bits per heavy atom. The molecule has 0 aromatic carbocycles. The van der Waals surface area contributed by atoms with Crippen LogP contribution in [0.25, 0.3) is 0 Å². The van der Waals surface area contributed by atoms with Gasteiger partial charge in [0.2, 0.25) is 0 Å². The predicted octanol–water partition coefficient (Wildman–Crippen LogP) is 2.86. The van der Waals surface area contributed by atoms with Crippen molar-refractivity contribution in [3.05, 3.63) is 0 Å². The van der Waals surface area contributed by atoms with E-state index in [0.717, 1.165) is 0 Å². The van der Waals surface area contributed by atoms with Crippen LogP contribution in [0.4, 0.5) is 4.39 Å². The van der Waals surface area contributed by atoms with Crippen LogP contribution in [0.1, 0.15) is 20.3 Å². The average Bonchev–Trinajstić information content (AvgIpc) is 1.56. The van der Waals surface area contributed by atoms with Crippen molar-refractivity contribution in [2.45, 2.75) is 35.8 Å². The van der Waals surface area contributed by atoms with Gasteiger partial charge in [0, 0.05) is 6.42 Å². The predicted molar refractivity (Wildman–Crippen MR) is 46.1 cm³/mol. The zero-order valence-electron chi connectivity index (χ0n) is 6.24. The largest absolute Gasteiger partial charge is 0.389 e. The summed E-state index contributed by atoms with van der Waals surface area (Å²) in [5.74, 6) is 0. The van der Waals surface area contributed by atoms with E-state index in [1.165, 1.54) is 13.8 Å². The molecule has 68 valence electrons. The topological polar surface area (TPSA) is 20.2 Å². The van der Waals surface area contributed by atoms with E-state index in [-0.39, 0.29) is 6.42 Å². The molecule has 0 heterocycles. The minimum Gasteiger partial charge on any atom is -0.389 e. The van der Waals surface area contributed by atoms with Gasteiger partial charge in [-0.1, -0.05) is 23.2 Å². The summed E-state index contributed by atoms with van der Waals surface area (Å²) in [6.07, 6.45) is -0.304. The van der Waals surface area contributed by atoms with Crippen LogP contribution in [-0.4, -0.2) is 20.7 Å². The number of rotatable bonds is 3. The van der Waals surface area contributed by atoms with Crippen LogP contribution in [0.3, 0.4) is 0 Å². The first-order chi connectivity index (χ1) is 4.63. The Balaban J connectivity index is 3.99. The number of hydrogen-bond acceptors (Lipinski definition) is 1. The van der Waals surface area contributed by atoms with Crippen LogP contribution in [-0.2, 0) is 0 Å². The highest BCUT2D eigenvalue weighted by Gasteiger charge is 2.34. The maximum atomic E-state index is 12.5. The Labute approximate surface area is 80.4 Å². The van der Waals surface area contributed by atoms with E-state index in [1.807, 2.05) is 0 Å². The highest BCUT2D eigenvalue weighted by Crippen LogP contribution is 2.33. The lowest BCUT2D eigenvalue weighted by Crippen LogP contribution is -2.34. The molecule has 11 heavy (non-hydrogen) atoms. The fourth-order valence-corrected chi connectivity index (χ4v) is 1.13. The van der Waals surface area contributed by atoms with Gasteiger partial charge in [-0.05, 0) is 13.8 Å². The first-order valence-electron chi connectivity index (χ1n) is 3.06. The fraction of sp³-hybridized carbons (Fsp3) is 1.00. The van der Waals surface area contributed by atoms with Gasteiger partial charge in [-0.25, -0.2) is 4.39 Å². The lowest BCUT2D eigenvalue weighted by atomic mass is 10.0. The number of halogens is 4. The summed E-state index contributed by atoms with van der Waals surface area (Å²) in [6.45, 7) is 2.92. The average molecular weight is 224 g/mol. The standard InChI is InChI=1S/C6H10Cl3FO/c1-5(2,11)4(7)3-6(8,9)10/h4,11H,3H2,1-2H3.